The van der Waals surface area contributed by atoms with Crippen LogP contribution in [0, 0.1) is 5.92 Å². The van der Waals surface area contributed by atoms with Gasteiger partial charge in [-0.15, -0.1) is 11.3 Å². The number of benzene rings is 1. The van der Waals surface area contributed by atoms with Crippen molar-refractivity contribution in [3.8, 4) is 10.4 Å². The third-order valence-electron chi connectivity index (χ3n) is 2.89. The first-order valence-corrected chi connectivity index (χ1v) is 7.76. The normalized spacial score (nSPS) is 11.2. The monoisotopic (exact) mass is 290 g/mol. The number of nitrogens with zero attached hydrogens (tertiary/aromatic N) is 1. The molecule has 20 heavy (non-hydrogen) atoms. The van der Waals surface area contributed by atoms with Gasteiger partial charge in [0.2, 0.25) is 0 Å². The molecule has 2 rings (SSSR count). The van der Waals surface area contributed by atoms with Crippen molar-refractivity contribution in [2.24, 2.45) is 5.92 Å². The summed E-state index contributed by atoms with van der Waals surface area (Å²) >= 11 is 1.72. The highest BCUT2D eigenvalue weighted by Gasteiger charge is 2.12. The number of thiazole rings is 1. The summed E-state index contributed by atoms with van der Waals surface area (Å²) in [5.74, 6) is 0.646. The zero-order valence-corrected chi connectivity index (χ0v) is 13.2. The van der Waals surface area contributed by atoms with Gasteiger partial charge in [0.1, 0.15) is 5.01 Å². The molecule has 0 bridgehead atoms. The van der Waals surface area contributed by atoms with Crippen molar-refractivity contribution in [2.45, 2.75) is 27.0 Å². The molecular formula is C16H22N2OS. The molecular weight excluding hydrogens is 268 g/mol. The Morgan fingerprint density at radius 1 is 1.25 bits per heavy atom. The number of aromatic nitrogens is 1. The number of ether oxygens (including phenoxy) is 1. The van der Waals surface area contributed by atoms with E-state index in [0.29, 0.717) is 12.5 Å². The summed E-state index contributed by atoms with van der Waals surface area (Å²) in [6, 6.07) is 10.4. The lowest BCUT2D eigenvalue weighted by molar-refractivity contribution is 0.184. The Bertz CT molecular complexity index is 523. The van der Waals surface area contributed by atoms with E-state index in [1.165, 1.54) is 10.4 Å². The van der Waals surface area contributed by atoms with Gasteiger partial charge < -0.3 is 10.1 Å². The Labute approximate surface area is 125 Å². The summed E-state index contributed by atoms with van der Waals surface area (Å²) < 4.78 is 5.20. The second-order valence-electron chi connectivity index (χ2n) is 5.21. The number of hydrogen-bond donors (Lipinski definition) is 1. The quantitative estimate of drug-likeness (QED) is 0.844. The second kappa shape index (κ2) is 7.53. The van der Waals surface area contributed by atoms with Gasteiger partial charge >= 0.3 is 0 Å². The van der Waals surface area contributed by atoms with Gasteiger partial charge in [-0.05, 0) is 18.0 Å². The maximum atomic E-state index is 5.20. The van der Waals surface area contributed by atoms with E-state index in [1.54, 1.807) is 18.4 Å². The minimum absolute atomic E-state index is 0.578. The molecule has 1 aromatic heterocycles. The first-order chi connectivity index (χ1) is 9.70. The molecule has 0 atom stereocenters. The Hall–Kier alpha value is -1.23. The summed E-state index contributed by atoms with van der Waals surface area (Å²) in [5.41, 5.74) is 2.35. The van der Waals surface area contributed by atoms with Crippen LogP contribution in [0.3, 0.4) is 0 Å². The van der Waals surface area contributed by atoms with Crippen LogP contribution in [0.15, 0.2) is 30.3 Å². The van der Waals surface area contributed by atoms with Crippen molar-refractivity contribution in [1.29, 1.82) is 0 Å². The van der Waals surface area contributed by atoms with Gasteiger partial charge in [0.05, 0.1) is 17.2 Å². The first kappa shape index (κ1) is 15.2. The number of nitrogens with one attached hydrogen (secondary N) is 1. The molecule has 1 heterocycles. The van der Waals surface area contributed by atoms with E-state index in [4.69, 9.17) is 9.72 Å². The van der Waals surface area contributed by atoms with E-state index >= 15 is 0 Å². The minimum atomic E-state index is 0.578. The molecule has 0 amide bonds. The number of methoxy groups -OCH3 is 1. The lowest BCUT2D eigenvalue weighted by atomic mass is 10.1. The fourth-order valence-corrected chi connectivity index (χ4v) is 3.06. The van der Waals surface area contributed by atoms with E-state index < -0.39 is 0 Å². The maximum Gasteiger partial charge on any atom is 0.119 e. The van der Waals surface area contributed by atoms with Crippen LogP contribution in [0.4, 0.5) is 0 Å². The van der Waals surface area contributed by atoms with Crippen molar-refractivity contribution in [1.82, 2.24) is 10.3 Å². The summed E-state index contributed by atoms with van der Waals surface area (Å²) in [6.45, 7) is 6.81. The van der Waals surface area contributed by atoms with Crippen LogP contribution in [-0.4, -0.2) is 18.6 Å². The van der Waals surface area contributed by atoms with Crippen LogP contribution in [0.25, 0.3) is 10.4 Å². The number of rotatable bonds is 7. The first-order valence-electron chi connectivity index (χ1n) is 6.94. The zero-order valence-electron chi connectivity index (χ0n) is 12.3. The maximum absolute atomic E-state index is 5.20. The highest BCUT2D eigenvalue weighted by atomic mass is 32.1. The number of hydrogen-bond acceptors (Lipinski definition) is 4. The smallest absolute Gasteiger partial charge is 0.119 e. The van der Waals surface area contributed by atoms with Crippen molar-refractivity contribution in [3.05, 3.63) is 41.0 Å². The van der Waals surface area contributed by atoms with Gasteiger partial charge in [0.15, 0.2) is 0 Å². The molecule has 0 fully saturated rings. The van der Waals surface area contributed by atoms with Crippen LogP contribution in [0.5, 0.6) is 0 Å². The molecule has 0 aliphatic carbocycles. The summed E-state index contributed by atoms with van der Waals surface area (Å²) in [4.78, 5) is 5.95. The van der Waals surface area contributed by atoms with Gasteiger partial charge in [-0.2, -0.15) is 0 Å². The van der Waals surface area contributed by atoms with Crippen LogP contribution in [-0.2, 0) is 17.9 Å². The molecule has 0 aliphatic heterocycles. The van der Waals surface area contributed by atoms with Gasteiger partial charge in [-0.25, -0.2) is 4.98 Å². The molecule has 4 heteroatoms. The predicted molar refractivity (Wildman–Crippen MR) is 84.8 cm³/mol. The molecule has 3 nitrogen and oxygen atoms in total. The molecule has 0 saturated carbocycles. The van der Waals surface area contributed by atoms with E-state index in [2.05, 4.69) is 43.4 Å². The van der Waals surface area contributed by atoms with Gasteiger partial charge in [-0.3, -0.25) is 0 Å². The molecule has 2 aromatic rings. The molecule has 0 radical (unpaired) electrons. The van der Waals surface area contributed by atoms with Crippen LogP contribution in [0.1, 0.15) is 24.5 Å². The molecule has 1 aromatic carbocycles. The van der Waals surface area contributed by atoms with Crippen LogP contribution >= 0.6 is 11.3 Å². The molecule has 0 aliphatic rings. The Kier molecular flexibility index (Phi) is 5.71. The lowest BCUT2D eigenvalue weighted by Crippen LogP contribution is -2.19. The Morgan fingerprint density at radius 2 is 2.00 bits per heavy atom. The molecule has 1 N–H and O–H groups in total. The van der Waals surface area contributed by atoms with Gasteiger partial charge in [0.25, 0.3) is 0 Å². The lowest BCUT2D eigenvalue weighted by Gasteiger charge is -2.07. The van der Waals surface area contributed by atoms with Crippen molar-refractivity contribution < 1.29 is 4.74 Å². The highest BCUT2D eigenvalue weighted by Crippen LogP contribution is 2.30. The highest BCUT2D eigenvalue weighted by molar-refractivity contribution is 7.15. The van der Waals surface area contributed by atoms with Crippen molar-refractivity contribution >= 4 is 11.3 Å². The van der Waals surface area contributed by atoms with Crippen molar-refractivity contribution in [3.63, 3.8) is 0 Å². The van der Waals surface area contributed by atoms with Crippen LogP contribution < -0.4 is 5.32 Å². The van der Waals surface area contributed by atoms with Crippen LogP contribution in [0.2, 0.25) is 0 Å². The summed E-state index contributed by atoms with van der Waals surface area (Å²) in [7, 11) is 1.71. The van der Waals surface area contributed by atoms with E-state index in [-0.39, 0.29) is 0 Å². The fraction of sp³-hybridized carbons (Fsp3) is 0.438. The second-order valence-corrected chi connectivity index (χ2v) is 6.29. The summed E-state index contributed by atoms with van der Waals surface area (Å²) in [5, 5.41) is 4.50. The molecule has 0 unspecified atom stereocenters. The SMILES string of the molecule is COCc1nc(CNCC(C)C)c(-c2ccccc2)s1. The minimum Gasteiger partial charge on any atom is -0.378 e. The standard InChI is InChI=1S/C16H22N2OS/c1-12(2)9-17-10-14-16(13-7-5-4-6-8-13)20-15(18-14)11-19-3/h4-8,12,17H,9-11H2,1-3H3. The topological polar surface area (TPSA) is 34.1 Å². The van der Waals surface area contributed by atoms with E-state index in [9.17, 15) is 0 Å². The summed E-state index contributed by atoms with van der Waals surface area (Å²) in [6.07, 6.45) is 0. The Balaban J connectivity index is 2.19. The average molecular weight is 290 g/mol. The average Bonchev–Trinajstić information content (AvgIpc) is 2.83. The third-order valence-corrected chi connectivity index (χ3v) is 4.01. The van der Waals surface area contributed by atoms with E-state index in [0.717, 1.165) is 23.8 Å². The largest absolute Gasteiger partial charge is 0.378 e. The molecule has 0 spiro atoms. The van der Waals surface area contributed by atoms with Crippen molar-refractivity contribution in [2.75, 3.05) is 13.7 Å². The van der Waals surface area contributed by atoms with Gasteiger partial charge in [-0.1, -0.05) is 44.2 Å². The molecule has 0 saturated heterocycles. The molecule has 108 valence electrons. The zero-order chi connectivity index (χ0) is 14.4. The van der Waals surface area contributed by atoms with Gasteiger partial charge in [0, 0.05) is 13.7 Å². The third kappa shape index (κ3) is 4.13. The Morgan fingerprint density at radius 3 is 2.65 bits per heavy atom. The predicted octanol–water partition coefficient (Wildman–Crippen LogP) is 3.70. The van der Waals surface area contributed by atoms with E-state index in [1.807, 2.05) is 6.07 Å². The fourth-order valence-electron chi connectivity index (χ4n) is 2.00.